The van der Waals surface area contributed by atoms with E-state index in [9.17, 15) is 18.4 Å². The summed E-state index contributed by atoms with van der Waals surface area (Å²) in [6, 6.07) is 3.94. The molecular formula is C31H47F2N3O2. The van der Waals surface area contributed by atoms with E-state index in [-0.39, 0.29) is 35.4 Å². The predicted octanol–water partition coefficient (Wildman–Crippen LogP) is 5.83. The molecular weight excluding hydrogens is 484 g/mol. The highest BCUT2D eigenvalue weighted by atomic mass is 19.1. The smallest absolute Gasteiger partial charge is 0.228 e. The lowest BCUT2D eigenvalue weighted by atomic mass is 9.84. The minimum atomic E-state index is -0.608. The molecule has 1 aliphatic carbocycles. The van der Waals surface area contributed by atoms with Gasteiger partial charge in [0.1, 0.15) is 11.6 Å². The number of likely N-dealkylation sites (tertiary alicyclic amines) is 2. The normalized spacial score (nSPS) is 29.1. The van der Waals surface area contributed by atoms with Crippen molar-refractivity contribution in [2.45, 2.75) is 104 Å². The van der Waals surface area contributed by atoms with Crippen molar-refractivity contribution in [1.82, 2.24) is 14.7 Å². The van der Waals surface area contributed by atoms with Crippen LogP contribution in [0.5, 0.6) is 0 Å². The SMILES string of the molecule is CC1CCC(N(C(=O)C(C)(C)C)[C@H]2CCN(C(=O)[C@@H]3CN(C(C)(C)C)C[C@H]3c3ccc(F)cc3F)C2)CC1. The van der Waals surface area contributed by atoms with Gasteiger partial charge in [-0.1, -0.05) is 33.8 Å². The Hall–Kier alpha value is -2.02. The summed E-state index contributed by atoms with van der Waals surface area (Å²) in [7, 11) is 0. The van der Waals surface area contributed by atoms with Crippen molar-refractivity contribution in [3.8, 4) is 0 Å². The molecule has 3 fully saturated rings. The number of carbonyl (C=O) groups excluding carboxylic acids is 2. The first-order valence-electron chi connectivity index (χ1n) is 14.5. The monoisotopic (exact) mass is 531 g/mol. The van der Waals surface area contributed by atoms with Crippen molar-refractivity contribution in [3.05, 3.63) is 35.4 Å². The topological polar surface area (TPSA) is 43.9 Å². The molecule has 2 amide bonds. The van der Waals surface area contributed by atoms with Crippen LogP contribution in [0.4, 0.5) is 8.78 Å². The van der Waals surface area contributed by atoms with E-state index in [1.165, 1.54) is 12.1 Å². The first kappa shape index (κ1) is 29.0. The van der Waals surface area contributed by atoms with Crippen LogP contribution in [-0.2, 0) is 9.59 Å². The van der Waals surface area contributed by atoms with Gasteiger partial charge in [-0.25, -0.2) is 8.78 Å². The van der Waals surface area contributed by atoms with E-state index in [1.807, 2.05) is 25.7 Å². The molecule has 2 heterocycles. The maximum absolute atomic E-state index is 14.9. The van der Waals surface area contributed by atoms with Crippen molar-refractivity contribution in [2.24, 2.45) is 17.3 Å². The first-order valence-corrected chi connectivity index (χ1v) is 14.5. The molecule has 2 saturated heterocycles. The van der Waals surface area contributed by atoms with Crippen molar-refractivity contribution < 1.29 is 18.4 Å². The number of hydrogen-bond donors (Lipinski definition) is 0. The van der Waals surface area contributed by atoms with Gasteiger partial charge in [0.2, 0.25) is 11.8 Å². The third kappa shape index (κ3) is 6.08. The summed E-state index contributed by atoms with van der Waals surface area (Å²) < 4.78 is 28.6. The molecule has 4 rings (SSSR count). The maximum atomic E-state index is 14.9. The molecule has 1 saturated carbocycles. The molecule has 2 aliphatic heterocycles. The van der Waals surface area contributed by atoms with E-state index in [1.54, 1.807) is 0 Å². The molecule has 7 heteroatoms. The second kappa shape index (κ2) is 10.9. The fourth-order valence-corrected chi connectivity index (χ4v) is 6.66. The number of nitrogens with zero attached hydrogens (tertiary/aromatic N) is 3. The van der Waals surface area contributed by atoms with Crippen LogP contribution < -0.4 is 0 Å². The van der Waals surface area contributed by atoms with E-state index in [0.29, 0.717) is 37.7 Å². The Morgan fingerprint density at radius 3 is 2.13 bits per heavy atom. The van der Waals surface area contributed by atoms with Crippen LogP contribution in [0, 0.1) is 28.9 Å². The molecule has 0 radical (unpaired) electrons. The average molecular weight is 532 g/mol. The van der Waals surface area contributed by atoms with Gasteiger partial charge in [0.25, 0.3) is 0 Å². The molecule has 0 N–H and O–H groups in total. The standard InChI is InChI=1S/C31H47F2N3O2/c1-20-8-11-22(12-9-20)36(29(38)30(2,3)4)23-14-15-34(17-23)28(37)26-19-35(31(5,6)7)18-25(26)24-13-10-21(32)16-27(24)33/h10,13,16,20,22-23,25-26H,8-9,11-12,14-15,17-19H2,1-7H3/t20?,22?,23-,25-,26+/m0/s1. The van der Waals surface area contributed by atoms with Gasteiger partial charge < -0.3 is 9.80 Å². The number of halogens is 2. The lowest BCUT2D eigenvalue weighted by Crippen LogP contribution is -2.53. The van der Waals surface area contributed by atoms with E-state index < -0.39 is 23.0 Å². The van der Waals surface area contributed by atoms with Gasteiger partial charge in [-0.2, -0.15) is 0 Å². The van der Waals surface area contributed by atoms with Gasteiger partial charge in [-0.05, 0) is 70.4 Å². The van der Waals surface area contributed by atoms with Crippen LogP contribution in [-0.4, -0.2) is 70.3 Å². The Morgan fingerprint density at radius 2 is 1.55 bits per heavy atom. The van der Waals surface area contributed by atoms with Gasteiger partial charge in [-0.3, -0.25) is 14.5 Å². The quantitative estimate of drug-likeness (QED) is 0.491. The van der Waals surface area contributed by atoms with E-state index in [0.717, 1.165) is 38.2 Å². The number of benzene rings is 1. The van der Waals surface area contributed by atoms with Crippen molar-refractivity contribution in [2.75, 3.05) is 26.2 Å². The Labute approximate surface area is 227 Å². The fraction of sp³-hybridized carbons (Fsp3) is 0.742. The molecule has 0 unspecified atom stereocenters. The van der Waals surface area contributed by atoms with Crippen molar-refractivity contribution in [1.29, 1.82) is 0 Å². The Balaban J connectivity index is 1.56. The summed E-state index contributed by atoms with van der Waals surface area (Å²) >= 11 is 0. The minimum absolute atomic E-state index is 0.00482. The summed E-state index contributed by atoms with van der Waals surface area (Å²) in [6.07, 6.45) is 5.06. The Kier molecular flexibility index (Phi) is 8.28. The average Bonchev–Trinajstić information content (AvgIpc) is 3.47. The fourth-order valence-electron chi connectivity index (χ4n) is 6.66. The maximum Gasteiger partial charge on any atom is 0.228 e. The van der Waals surface area contributed by atoms with Gasteiger partial charge in [0.15, 0.2) is 0 Å². The third-order valence-corrected chi connectivity index (χ3v) is 9.07. The zero-order valence-corrected chi connectivity index (χ0v) is 24.4. The predicted molar refractivity (Wildman–Crippen MR) is 147 cm³/mol. The highest BCUT2D eigenvalue weighted by molar-refractivity contribution is 5.83. The van der Waals surface area contributed by atoms with Gasteiger partial charge in [-0.15, -0.1) is 0 Å². The molecule has 1 aromatic rings. The highest BCUT2D eigenvalue weighted by Crippen LogP contribution is 2.40. The second-order valence-electron chi connectivity index (χ2n) is 14.1. The zero-order chi connectivity index (χ0) is 28.0. The summed E-state index contributed by atoms with van der Waals surface area (Å²) in [5, 5.41) is 0. The number of rotatable bonds is 4. The van der Waals surface area contributed by atoms with Crippen LogP contribution in [0.3, 0.4) is 0 Å². The largest absolute Gasteiger partial charge is 0.340 e. The van der Waals surface area contributed by atoms with E-state index in [2.05, 4.69) is 37.5 Å². The van der Waals surface area contributed by atoms with Crippen molar-refractivity contribution in [3.63, 3.8) is 0 Å². The molecule has 3 atom stereocenters. The lowest BCUT2D eigenvalue weighted by molar-refractivity contribution is -0.146. The Morgan fingerprint density at radius 1 is 0.895 bits per heavy atom. The van der Waals surface area contributed by atoms with Crippen LogP contribution in [0.25, 0.3) is 0 Å². The summed E-state index contributed by atoms with van der Waals surface area (Å²) in [4.78, 5) is 34.0. The molecule has 0 spiro atoms. The van der Waals surface area contributed by atoms with Crippen LogP contribution in [0.15, 0.2) is 18.2 Å². The highest BCUT2D eigenvalue weighted by Gasteiger charge is 2.47. The summed E-state index contributed by atoms with van der Waals surface area (Å²) in [6.45, 7) is 16.7. The Bertz CT molecular complexity index is 1020. The summed E-state index contributed by atoms with van der Waals surface area (Å²) in [5.41, 5.74) is -0.247. The molecule has 212 valence electrons. The van der Waals surface area contributed by atoms with Crippen molar-refractivity contribution >= 4 is 11.8 Å². The molecule has 1 aromatic carbocycles. The van der Waals surface area contributed by atoms with Crippen LogP contribution in [0.1, 0.15) is 92.1 Å². The van der Waals surface area contributed by atoms with Crippen LogP contribution in [0.2, 0.25) is 0 Å². The third-order valence-electron chi connectivity index (χ3n) is 9.07. The number of carbonyl (C=O) groups is 2. The molecule has 0 bridgehead atoms. The van der Waals surface area contributed by atoms with E-state index in [4.69, 9.17) is 0 Å². The molecule has 3 aliphatic rings. The van der Waals surface area contributed by atoms with Gasteiger partial charge >= 0.3 is 0 Å². The molecule has 0 aromatic heterocycles. The van der Waals surface area contributed by atoms with Crippen LogP contribution >= 0.6 is 0 Å². The summed E-state index contributed by atoms with van der Waals surface area (Å²) in [5.74, 6) is -1.06. The minimum Gasteiger partial charge on any atom is -0.340 e. The first-order chi connectivity index (χ1) is 17.7. The van der Waals surface area contributed by atoms with E-state index >= 15 is 0 Å². The molecule has 5 nitrogen and oxygen atoms in total. The van der Waals surface area contributed by atoms with Gasteiger partial charge in [0.05, 0.1) is 12.0 Å². The number of amides is 2. The second-order valence-corrected chi connectivity index (χ2v) is 14.1. The molecule has 38 heavy (non-hydrogen) atoms. The lowest BCUT2D eigenvalue weighted by Gasteiger charge is -2.42. The number of hydrogen-bond acceptors (Lipinski definition) is 3. The zero-order valence-electron chi connectivity index (χ0n) is 24.4. The van der Waals surface area contributed by atoms with Gasteiger partial charge in [0, 0.05) is 55.2 Å².